The summed E-state index contributed by atoms with van der Waals surface area (Å²) in [4.78, 5) is 26.9. The third-order valence-electron chi connectivity index (χ3n) is 5.54. The summed E-state index contributed by atoms with van der Waals surface area (Å²) in [5.74, 6) is 0.230. The molecule has 0 spiro atoms. The van der Waals surface area contributed by atoms with Crippen molar-refractivity contribution in [2.75, 3.05) is 20.2 Å². The zero-order valence-corrected chi connectivity index (χ0v) is 15.2. The quantitative estimate of drug-likeness (QED) is 0.834. The lowest BCUT2D eigenvalue weighted by molar-refractivity contribution is -0.143. The van der Waals surface area contributed by atoms with E-state index < -0.39 is 6.04 Å². The third-order valence-corrected chi connectivity index (χ3v) is 5.54. The Morgan fingerprint density at radius 2 is 1.92 bits per heavy atom. The average Bonchev–Trinajstić information content (AvgIpc) is 3.31. The number of amides is 1. The van der Waals surface area contributed by atoms with Crippen molar-refractivity contribution in [1.29, 1.82) is 0 Å². The molecule has 5 nitrogen and oxygen atoms in total. The Hall–Kier alpha value is -1.88. The van der Waals surface area contributed by atoms with Gasteiger partial charge in [0, 0.05) is 25.0 Å². The van der Waals surface area contributed by atoms with E-state index in [1.54, 1.807) is 0 Å². The first kappa shape index (κ1) is 17.9. The third kappa shape index (κ3) is 4.03. The highest BCUT2D eigenvalue weighted by molar-refractivity contribution is 5.80. The van der Waals surface area contributed by atoms with Gasteiger partial charge < -0.3 is 9.64 Å². The van der Waals surface area contributed by atoms with Gasteiger partial charge in [0.1, 0.15) is 6.04 Å². The lowest BCUT2D eigenvalue weighted by Gasteiger charge is -2.24. The van der Waals surface area contributed by atoms with Crippen LogP contribution >= 0.6 is 0 Å². The number of carbonyl (C=O) groups is 2. The van der Waals surface area contributed by atoms with Gasteiger partial charge in [-0.25, -0.2) is 4.79 Å². The normalized spacial score (nSPS) is 22.2. The van der Waals surface area contributed by atoms with Crippen molar-refractivity contribution in [3.05, 3.63) is 35.4 Å². The van der Waals surface area contributed by atoms with Gasteiger partial charge in [-0.15, -0.1) is 0 Å². The Morgan fingerprint density at radius 3 is 2.60 bits per heavy atom. The molecule has 5 heteroatoms. The van der Waals surface area contributed by atoms with E-state index in [4.69, 9.17) is 4.74 Å². The van der Waals surface area contributed by atoms with Gasteiger partial charge in [0.25, 0.3) is 0 Å². The van der Waals surface area contributed by atoms with Crippen LogP contribution in [0.25, 0.3) is 0 Å². The van der Waals surface area contributed by atoms with Crippen molar-refractivity contribution >= 4 is 11.9 Å². The maximum atomic E-state index is 12.6. The standard InChI is InChI=1S/C20H28N2O3/c1-14-7-3-6-10-17(14)18(20(24)25-2)21-16-11-12-22(13-16)19(23)15-8-4-5-9-15/h3,6-7,10,15-16,18,21H,4-5,8-9,11-13H2,1-2H3/t16-,18+/m0/s1. The van der Waals surface area contributed by atoms with Gasteiger partial charge in [0.05, 0.1) is 7.11 Å². The molecule has 1 saturated heterocycles. The number of rotatable bonds is 5. The van der Waals surface area contributed by atoms with Crippen LogP contribution in [0, 0.1) is 12.8 Å². The highest BCUT2D eigenvalue weighted by Gasteiger charge is 2.34. The summed E-state index contributed by atoms with van der Waals surface area (Å²) >= 11 is 0. The van der Waals surface area contributed by atoms with E-state index in [1.807, 2.05) is 36.1 Å². The molecular formula is C20H28N2O3. The number of hydrogen-bond donors (Lipinski definition) is 1. The second kappa shape index (κ2) is 8.00. The molecule has 0 unspecified atom stereocenters. The SMILES string of the molecule is COC(=O)[C@H](N[C@H]1CCN(C(=O)C2CCCC2)C1)c1ccccc1C. The molecule has 0 radical (unpaired) electrons. The number of benzene rings is 1. The minimum absolute atomic E-state index is 0.119. The molecule has 1 heterocycles. The molecule has 0 aromatic heterocycles. The summed E-state index contributed by atoms with van der Waals surface area (Å²) in [6, 6.07) is 7.49. The Bertz CT molecular complexity index is 625. The first-order valence-corrected chi connectivity index (χ1v) is 9.28. The molecule has 3 rings (SSSR count). The molecule has 1 aromatic carbocycles. The number of nitrogens with zero attached hydrogens (tertiary/aromatic N) is 1. The van der Waals surface area contributed by atoms with Crippen LogP contribution in [0.5, 0.6) is 0 Å². The number of aryl methyl sites for hydroxylation is 1. The fraction of sp³-hybridized carbons (Fsp3) is 0.600. The van der Waals surface area contributed by atoms with Crippen LogP contribution in [-0.4, -0.2) is 43.0 Å². The second-order valence-electron chi connectivity index (χ2n) is 7.23. The van der Waals surface area contributed by atoms with Crippen LogP contribution in [0.2, 0.25) is 0 Å². The summed E-state index contributed by atoms with van der Waals surface area (Å²) in [5, 5.41) is 3.43. The molecule has 2 atom stereocenters. The molecule has 2 fully saturated rings. The Balaban J connectivity index is 1.66. The van der Waals surface area contributed by atoms with Gasteiger partial charge in [-0.3, -0.25) is 10.1 Å². The lowest BCUT2D eigenvalue weighted by atomic mass is 10.0. The van der Waals surface area contributed by atoms with Crippen molar-refractivity contribution in [2.45, 2.75) is 51.1 Å². The van der Waals surface area contributed by atoms with E-state index >= 15 is 0 Å². The minimum Gasteiger partial charge on any atom is -0.468 e. The summed E-state index contributed by atoms with van der Waals surface area (Å²) in [7, 11) is 1.42. The maximum Gasteiger partial charge on any atom is 0.327 e. The topological polar surface area (TPSA) is 58.6 Å². The number of likely N-dealkylation sites (tertiary alicyclic amines) is 1. The van der Waals surface area contributed by atoms with E-state index in [-0.39, 0.29) is 17.9 Å². The van der Waals surface area contributed by atoms with Crippen LogP contribution in [0.3, 0.4) is 0 Å². The van der Waals surface area contributed by atoms with Gasteiger partial charge >= 0.3 is 5.97 Å². The van der Waals surface area contributed by atoms with Gasteiger partial charge in [-0.2, -0.15) is 0 Å². The number of carbonyl (C=O) groups excluding carboxylic acids is 2. The first-order valence-electron chi connectivity index (χ1n) is 9.28. The molecule has 1 saturated carbocycles. The summed E-state index contributed by atoms with van der Waals surface area (Å²) in [6.07, 6.45) is 5.27. The van der Waals surface area contributed by atoms with E-state index in [9.17, 15) is 9.59 Å². The Labute approximate surface area is 149 Å². The van der Waals surface area contributed by atoms with Crippen LogP contribution < -0.4 is 5.32 Å². The largest absolute Gasteiger partial charge is 0.468 e. The monoisotopic (exact) mass is 344 g/mol. The van der Waals surface area contributed by atoms with Gasteiger partial charge in [-0.05, 0) is 37.3 Å². The molecule has 1 aliphatic heterocycles. The summed E-state index contributed by atoms with van der Waals surface area (Å²) in [5.41, 5.74) is 2.00. The van der Waals surface area contributed by atoms with Gasteiger partial charge in [0.2, 0.25) is 5.91 Å². The number of ether oxygens (including phenoxy) is 1. The van der Waals surface area contributed by atoms with Crippen molar-refractivity contribution in [1.82, 2.24) is 10.2 Å². The molecule has 1 N–H and O–H groups in total. The van der Waals surface area contributed by atoms with Gasteiger partial charge in [-0.1, -0.05) is 37.1 Å². The number of hydrogen-bond acceptors (Lipinski definition) is 4. The lowest BCUT2D eigenvalue weighted by Crippen LogP contribution is -2.41. The van der Waals surface area contributed by atoms with E-state index in [0.717, 1.165) is 36.9 Å². The fourth-order valence-corrected chi connectivity index (χ4v) is 4.08. The van der Waals surface area contributed by atoms with Crippen molar-refractivity contribution in [3.63, 3.8) is 0 Å². The Morgan fingerprint density at radius 1 is 1.20 bits per heavy atom. The number of esters is 1. The van der Waals surface area contributed by atoms with Crippen molar-refractivity contribution < 1.29 is 14.3 Å². The predicted octanol–water partition coefficient (Wildman–Crippen LogP) is 2.59. The molecule has 1 amide bonds. The molecule has 2 aliphatic rings. The average molecular weight is 344 g/mol. The van der Waals surface area contributed by atoms with Crippen LogP contribution in [0.1, 0.15) is 49.3 Å². The molecule has 0 bridgehead atoms. The number of methoxy groups -OCH3 is 1. The molecule has 1 aromatic rings. The molecular weight excluding hydrogens is 316 g/mol. The van der Waals surface area contributed by atoms with Crippen LogP contribution in [0.15, 0.2) is 24.3 Å². The minimum atomic E-state index is -0.488. The zero-order chi connectivity index (χ0) is 17.8. The zero-order valence-electron chi connectivity index (χ0n) is 15.2. The van der Waals surface area contributed by atoms with E-state index in [1.165, 1.54) is 20.0 Å². The summed E-state index contributed by atoms with van der Waals surface area (Å²) in [6.45, 7) is 3.45. The summed E-state index contributed by atoms with van der Waals surface area (Å²) < 4.78 is 5.01. The second-order valence-corrected chi connectivity index (χ2v) is 7.23. The van der Waals surface area contributed by atoms with Crippen LogP contribution in [-0.2, 0) is 14.3 Å². The maximum absolute atomic E-state index is 12.6. The van der Waals surface area contributed by atoms with Gasteiger partial charge in [0.15, 0.2) is 0 Å². The van der Waals surface area contributed by atoms with Crippen molar-refractivity contribution in [3.8, 4) is 0 Å². The predicted molar refractivity (Wildman–Crippen MR) is 96.0 cm³/mol. The molecule has 136 valence electrons. The first-order chi connectivity index (χ1) is 12.1. The van der Waals surface area contributed by atoms with E-state index in [2.05, 4.69) is 5.32 Å². The molecule has 1 aliphatic carbocycles. The van der Waals surface area contributed by atoms with Crippen molar-refractivity contribution in [2.24, 2.45) is 5.92 Å². The van der Waals surface area contributed by atoms with Crippen LogP contribution in [0.4, 0.5) is 0 Å². The Kier molecular flexibility index (Phi) is 5.74. The highest BCUT2D eigenvalue weighted by Crippen LogP contribution is 2.28. The number of nitrogens with one attached hydrogen (secondary N) is 1. The smallest absolute Gasteiger partial charge is 0.327 e. The highest BCUT2D eigenvalue weighted by atomic mass is 16.5. The fourth-order valence-electron chi connectivity index (χ4n) is 4.08. The molecule has 25 heavy (non-hydrogen) atoms. The van der Waals surface area contributed by atoms with E-state index in [0.29, 0.717) is 12.5 Å².